The summed E-state index contributed by atoms with van der Waals surface area (Å²) in [4.78, 5) is 4.62. The first-order valence-corrected chi connectivity index (χ1v) is 6.37. The third-order valence-corrected chi connectivity index (χ3v) is 3.72. The lowest BCUT2D eigenvalue weighted by Crippen LogP contribution is -2.07. The van der Waals surface area contributed by atoms with Crippen molar-refractivity contribution in [2.24, 2.45) is 5.73 Å². The molecule has 4 heteroatoms. The highest BCUT2D eigenvalue weighted by Gasteiger charge is 2.07. The summed E-state index contributed by atoms with van der Waals surface area (Å²) in [6.45, 7) is 5.74. The monoisotopic (exact) mass is 235 g/mol. The van der Waals surface area contributed by atoms with E-state index >= 15 is 0 Å². The van der Waals surface area contributed by atoms with Crippen LogP contribution in [0.4, 0.5) is 0 Å². The zero-order valence-corrected chi connectivity index (χ0v) is 10.5. The van der Waals surface area contributed by atoms with Gasteiger partial charge in [-0.3, -0.25) is 0 Å². The van der Waals surface area contributed by atoms with Crippen LogP contribution in [-0.4, -0.2) is 9.55 Å². The van der Waals surface area contributed by atoms with Crippen LogP contribution in [0.3, 0.4) is 0 Å². The van der Waals surface area contributed by atoms with E-state index < -0.39 is 0 Å². The van der Waals surface area contributed by atoms with E-state index in [9.17, 15) is 0 Å². The van der Waals surface area contributed by atoms with Crippen molar-refractivity contribution in [1.29, 1.82) is 0 Å². The molecule has 0 spiro atoms. The van der Waals surface area contributed by atoms with Crippen LogP contribution in [0, 0.1) is 0 Å². The summed E-state index contributed by atoms with van der Waals surface area (Å²) in [6.07, 6.45) is 2.05. The van der Waals surface area contributed by atoms with Crippen LogP contribution in [0.15, 0.2) is 23.7 Å². The van der Waals surface area contributed by atoms with Crippen molar-refractivity contribution in [1.82, 2.24) is 9.55 Å². The van der Waals surface area contributed by atoms with E-state index in [1.807, 2.05) is 6.07 Å². The van der Waals surface area contributed by atoms with Gasteiger partial charge in [-0.1, -0.05) is 13.8 Å². The van der Waals surface area contributed by atoms with E-state index in [4.69, 9.17) is 5.73 Å². The molecule has 2 heterocycles. The van der Waals surface area contributed by atoms with Crippen LogP contribution >= 0.6 is 11.3 Å². The van der Waals surface area contributed by atoms with Gasteiger partial charge in [0.2, 0.25) is 0 Å². The van der Waals surface area contributed by atoms with Gasteiger partial charge >= 0.3 is 0 Å². The second kappa shape index (κ2) is 4.80. The molecule has 0 unspecified atom stereocenters. The molecule has 16 heavy (non-hydrogen) atoms. The molecule has 86 valence electrons. The Bertz CT molecular complexity index is 456. The Morgan fingerprint density at radius 1 is 1.50 bits per heavy atom. The van der Waals surface area contributed by atoms with Gasteiger partial charge in [-0.25, -0.2) is 4.98 Å². The van der Waals surface area contributed by atoms with Crippen molar-refractivity contribution < 1.29 is 0 Å². The van der Waals surface area contributed by atoms with E-state index in [2.05, 4.69) is 41.0 Å². The third-order valence-electron chi connectivity index (χ3n) is 2.53. The van der Waals surface area contributed by atoms with E-state index in [1.54, 1.807) is 11.3 Å². The van der Waals surface area contributed by atoms with Crippen LogP contribution in [0.2, 0.25) is 0 Å². The van der Waals surface area contributed by atoms with Crippen LogP contribution in [0.5, 0.6) is 0 Å². The fourth-order valence-electron chi connectivity index (χ4n) is 1.62. The number of hydrogen-bond acceptors (Lipinski definition) is 3. The highest BCUT2D eigenvalue weighted by molar-refractivity contribution is 7.09. The summed E-state index contributed by atoms with van der Waals surface area (Å²) in [5.41, 5.74) is 7.94. The number of rotatable bonds is 4. The van der Waals surface area contributed by atoms with E-state index in [0.717, 1.165) is 17.9 Å². The summed E-state index contributed by atoms with van der Waals surface area (Å²) in [7, 11) is 0. The molecule has 2 aromatic rings. The molecule has 0 radical (unpaired) electrons. The Labute approximate surface area is 99.9 Å². The predicted octanol–water partition coefficient (Wildman–Crippen LogP) is 2.58. The minimum atomic E-state index is 0.511. The molecule has 0 aliphatic carbocycles. The minimum absolute atomic E-state index is 0.511. The molecule has 0 atom stereocenters. The largest absolute Gasteiger partial charge is 0.344 e. The summed E-state index contributed by atoms with van der Waals surface area (Å²) >= 11 is 1.74. The smallest absolute Gasteiger partial charge is 0.0954 e. The standard InChI is InChI=1S/C12H17N3S/c1-9(2)12-14-10(8-16-12)7-15-5-3-4-11(15)6-13/h3-5,8-9H,6-7,13H2,1-2H3. The van der Waals surface area contributed by atoms with Gasteiger partial charge < -0.3 is 10.3 Å². The topological polar surface area (TPSA) is 43.8 Å². The van der Waals surface area contributed by atoms with Crippen LogP contribution in [0.1, 0.15) is 36.2 Å². The second-order valence-electron chi connectivity index (χ2n) is 4.16. The molecule has 2 aromatic heterocycles. The molecule has 0 fully saturated rings. The maximum absolute atomic E-state index is 5.66. The van der Waals surface area contributed by atoms with Crippen molar-refractivity contribution >= 4 is 11.3 Å². The first-order chi connectivity index (χ1) is 7.70. The molecule has 0 saturated heterocycles. The molecule has 2 rings (SSSR count). The van der Waals surface area contributed by atoms with Crippen molar-refractivity contribution in [3.8, 4) is 0 Å². The lowest BCUT2D eigenvalue weighted by atomic mass is 10.2. The molecule has 0 aliphatic heterocycles. The second-order valence-corrected chi connectivity index (χ2v) is 5.05. The first kappa shape index (κ1) is 11.4. The van der Waals surface area contributed by atoms with Gasteiger partial charge in [0, 0.05) is 29.7 Å². The summed E-state index contributed by atoms with van der Waals surface area (Å²) < 4.78 is 2.15. The van der Waals surface area contributed by atoms with E-state index in [0.29, 0.717) is 12.5 Å². The number of aromatic nitrogens is 2. The fraction of sp³-hybridized carbons (Fsp3) is 0.417. The lowest BCUT2D eigenvalue weighted by Gasteiger charge is -2.05. The quantitative estimate of drug-likeness (QED) is 0.885. The van der Waals surface area contributed by atoms with Crippen molar-refractivity contribution in [3.05, 3.63) is 40.1 Å². The first-order valence-electron chi connectivity index (χ1n) is 5.49. The summed E-state index contributed by atoms with van der Waals surface area (Å²) in [5.74, 6) is 0.511. The Hall–Kier alpha value is -1.13. The summed E-state index contributed by atoms with van der Waals surface area (Å²) in [5, 5.41) is 3.34. The molecule has 0 amide bonds. The normalized spacial score (nSPS) is 11.2. The van der Waals surface area contributed by atoms with Crippen molar-refractivity contribution in [2.45, 2.75) is 32.9 Å². The molecular formula is C12H17N3S. The number of nitrogens with two attached hydrogens (primary N) is 1. The molecule has 0 saturated carbocycles. The predicted molar refractivity (Wildman–Crippen MR) is 67.6 cm³/mol. The van der Waals surface area contributed by atoms with E-state index in [-0.39, 0.29) is 0 Å². The van der Waals surface area contributed by atoms with Crippen LogP contribution in [-0.2, 0) is 13.1 Å². The average molecular weight is 235 g/mol. The maximum atomic E-state index is 5.66. The van der Waals surface area contributed by atoms with Crippen molar-refractivity contribution in [3.63, 3.8) is 0 Å². The van der Waals surface area contributed by atoms with Gasteiger partial charge in [0.1, 0.15) is 0 Å². The molecule has 3 nitrogen and oxygen atoms in total. The van der Waals surface area contributed by atoms with Gasteiger partial charge in [-0.15, -0.1) is 11.3 Å². The lowest BCUT2D eigenvalue weighted by molar-refractivity contribution is 0.723. The van der Waals surface area contributed by atoms with Gasteiger partial charge in [-0.2, -0.15) is 0 Å². The third kappa shape index (κ3) is 2.33. The fourth-order valence-corrected chi connectivity index (χ4v) is 2.45. The Balaban J connectivity index is 2.14. The number of hydrogen-bond donors (Lipinski definition) is 1. The van der Waals surface area contributed by atoms with Gasteiger partial charge in [0.25, 0.3) is 0 Å². The van der Waals surface area contributed by atoms with Gasteiger partial charge in [-0.05, 0) is 12.1 Å². The summed E-state index contributed by atoms with van der Waals surface area (Å²) in [6, 6.07) is 4.08. The van der Waals surface area contributed by atoms with Crippen LogP contribution < -0.4 is 5.73 Å². The highest BCUT2D eigenvalue weighted by atomic mass is 32.1. The van der Waals surface area contributed by atoms with E-state index in [1.165, 1.54) is 5.01 Å². The Morgan fingerprint density at radius 2 is 2.31 bits per heavy atom. The average Bonchev–Trinajstić information content (AvgIpc) is 2.87. The Morgan fingerprint density at radius 3 is 2.94 bits per heavy atom. The zero-order valence-electron chi connectivity index (χ0n) is 9.68. The molecule has 0 aromatic carbocycles. The van der Waals surface area contributed by atoms with Gasteiger partial charge in [0.05, 0.1) is 17.2 Å². The Kier molecular flexibility index (Phi) is 3.41. The maximum Gasteiger partial charge on any atom is 0.0954 e. The molecule has 0 bridgehead atoms. The molecule has 2 N–H and O–H groups in total. The number of thiazole rings is 1. The zero-order chi connectivity index (χ0) is 11.5. The van der Waals surface area contributed by atoms with Crippen molar-refractivity contribution in [2.75, 3.05) is 0 Å². The van der Waals surface area contributed by atoms with Gasteiger partial charge in [0.15, 0.2) is 0 Å². The highest BCUT2D eigenvalue weighted by Crippen LogP contribution is 2.20. The minimum Gasteiger partial charge on any atom is -0.344 e. The van der Waals surface area contributed by atoms with Crippen LogP contribution in [0.25, 0.3) is 0 Å². The SMILES string of the molecule is CC(C)c1nc(Cn2cccc2CN)cs1. The number of nitrogens with zero attached hydrogens (tertiary/aromatic N) is 2. The molecular weight excluding hydrogens is 218 g/mol. The molecule has 0 aliphatic rings.